The molecule has 0 radical (unpaired) electrons. The highest BCUT2D eigenvalue weighted by Gasteiger charge is 2.17. The first kappa shape index (κ1) is 10.1. The van der Waals surface area contributed by atoms with Crippen molar-refractivity contribution in [2.24, 2.45) is 0 Å². The van der Waals surface area contributed by atoms with Crippen molar-refractivity contribution in [2.45, 2.75) is 32.9 Å². The van der Waals surface area contributed by atoms with Crippen LogP contribution in [0.2, 0.25) is 0 Å². The molecule has 0 saturated carbocycles. The first-order valence-electron chi connectivity index (χ1n) is 4.52. The molecular weight excluding hydrogens is 168 g/mol. The van der Waals surface area contributed by atoms with Crippen LogP contribution in [0.25, 0.3) is 0 Å². The molecule has 0 spiro atoms. The average molecular weight is 184 g/mol. The SMILES string of the molecule is CCC(O)c1c(OC)cnn1CC. The van der Waals surface area contributed by atoms with Crippen LogP contribution in [-0.4, -0.2) is 22.0 Å². The topological polar surface area (TPSA) is 47.3 Å². The molecule has 0 saturated heterocycles. The molecule has 1 rings (SSSR count). The van der Waals surface area contributed by atoms with Crippen molar-refractivity contribution in [1.82, 2.24) is 9.78 Å². The molecule has 1 unspecified atom stereocenters. The van der Waals surface area contributed by atoms with E-state index in [-0.39, 0.29) is 0 Å². The summed E-state index contributed by atoms with van der Waals surface area (Å²) in [5.74, 6) is 0.663. The summed E-state index contributed by atoms with van der Waals surface area (Å²) < 4.78 is 6.86. The van der Waals surface area contributed by atoms with Gasteiger partial charge in [-0.25, -0.2) is 0 Å². The lowest BCUT2D eigenvalue weighted by Crippen LogP contribution is -2.08. The van der Waals surface area contributed by atoms with Gasteiger partial charge in [-0.1, -0.05) is 6.92 Å². The Morgan fingerprint density at radius 3 is 2.77 bits per heavy atom. The van der Waals surface area contributed by atoms with Gasteiger partial charge in [-0.2, -0.15) is 5.10 Å². The molecule has 1 N–H and O–H groups in total. The third kappa shape index (κ3) is 1.83. The van der Waals surface area contributed by atoms with Crippen molar-refractivity contribution in [3.8, 4) is 5.75 Å². The molecule has 4 nitrogen and oxygen atoms in total. The van der Waals surface area contributed by atoms with E-state index in [1.807, 2.05) is 13.8 Å². The number of ether oxygens (including phenoxy) is 1. The van der Waals surface area contributed by atoms with E-state index in [2.05, 4.69) is 5.10 Å². The lowest BCUT2D eigenvalue weighted by atomic mass is 10.2. The number of aryl methyl sites for hydroxylation is 1. The monoisotopic (exact) mass is 184 g/mol. The van der Waals surface area contributed by atoms with E-state index in [0.717, 1.165) is 12.2 Å². The second-order valence-corrected chi connectivity index (χ2v) is 2.84. The minimum Gasteiger partial charge on any atom is -0.493 e. The second kappa shape index (κ2) is 4.28. The van der Waals surface area contributed by atoms with Crippen LogP contribution < -0.4 is 4.74 Å². The normalized spacial score (nSPS) is 12.9. The zero-order valence-electron chi connectivity index (χ0n) is 8.32. The Morgan fingerprint density at radius 2 is 2.31 bits per heavy atom. The van der Waals surface area contributed by atoms with Gasteiger partial charge < -0.3 is 9.84 Å². The van der Waals surface area contributed by atoms with E-state index in [1.54, 1.807) is 18.0 Å². The Morgan fingerprint density at radius 1 is 1.62 bits per heavy atom. The molecule has 1 heterocycles. The van der Waals surface area contributed by atoms with Gasteiger partial charge in [-0.05, 0) is 13.3 Å². The van der Waals surface area contributed by atoms with Crippen LogP contribution in [0.3, 0.4) is 0 Å². The number of hydrogen-bond donors (Lipinski definition) is 1. The summed E-state index contributed by atoms with van der Waals surface area (Å²) >= 11 is 0. The van der Waals surface area contributed by atoms with Crippen LogP contribution in [0.4, 0.5) is 0 Å². The van der Waals surface area contributed by atoms with Crippen LogP contribution in [0.5, 0.6) is 5.75 Å². The van der Waals surface area contributed by atoms with Crippen molar-refractivity contribution in [3.63, 3.8) is 0 Å². The van der Waals surface area contributed by atoms with Crippen LogP contribution in [0.15, 0.2) is 6.20 Å². The fourth-order valence-electron chi connectivity index (χ4n) is 1.32. The maximum atomic E-state index is 9.70. The van der Waals surface area contributed by atoms with Crippen molar-refractivity contribution < 1.29 is 9.84 Å². The molecule has 13 heavy (non-hydrogen) atoms. The maximum absolute atomic E-state index is 9.70. The molecule has 74 valence electrons. The van der Waals surface area contributed by atoms with Crippen molar-refractivity contribution in [2.75, 3.05) is 7.11 Å². The quantitative estimate of drug-likeness (QED) is 0.768. The van der Waals surface area contributed by atoms with Gasteiger partial charge in [0.2, 0.25) is 0 Å². The summed E-state index contributed by atoms with van der Waals surface area (Å²) in [6.45, 7) is 4.66. The first-order chi connectivity index (χ1) is 6.24. The van der Waals surface area contributed by atoms with Crippen LogP contribution >= 0.6 is 0 Å². The van der Waals surface area contributed by atoms with Crippen molar-refractivity contribution in [3.05, 3.63) is 11.9 Å². The summed E-state index contributed by atoms with van der Waals surface area (Å²) in [6, 6.07) is 0. The molecule has 0 aliphatic carbocycles. The molecule has 1 aromatic heterocycles. The van der Waals surface area contributed by atoms with E-state index >= 15 is 0 Å². The van der Waals surface area contributed by atoms with E-state index in [4.69, 9.17) is 4.74 Å². The van der Waals surface area contributed by atoms with E-state index in [9.17, 15) is 5.11 Å². The number of nitrogens with zero attached hydrogens (tertiary/aromatic N) is 2. The Kier molecular flexibility index (Phi) is 3.31. The number of aromatic nitrogens is 2. The van der Waals surface area contributed by atoms with Crippen LogP contribution in [0.1, 0.15) is 32.1 Å². The van der Waals surface area contributed by atoms with Gasteiger partial charge in [0.1, 0.15) is 5.69 Å². The highest BCUT2D eigenvalue weighted by atomic mass is 16.5. The molecule has 0 amide bonds. The van der Waals surface area contributed by atoms with Crippen LogP contribution in [0, 0.1) is 0 Å². The predicted octanol–water partition coefficient (Wildman–Crippen LogP) is 1.35. The summed E-state index contributed by atoms with van der Waals surface area (Å²) in [7, 11) is 1.59. The van der Waals surface area contributed by atoms with Gasteiger partial charge in [0.25, 0.3) is 0 Å². The van der Waals surface area contributed by atoms with Gasteiger partial charge in [-0.3, -0.25) is 4.68 Å². The van der Waals surface area contributed by atoms with Gasteiger partial charge in [-0.15, -0.1) is 0 Å². The number of methoxy groups -OCH3 is 1. The Bertz CT molecular complexity index is 249. The Labute approximate surface area is 78.1 Å². The summed E-state index contributed by atoms with van der Waals surface area (Å²) in [5, 5.41) is 13.8. The fraction of sp³-hybridized carbons (Fsp3) is 0.667. The summed E-state index contributed by atoms with van der Waals surface area (Å²) in [4.78, 5) is 0. The smallest absolute Gasteiger partial charge is 0.162 e. The van der Waals surface area contributed by atoms with E-state index < -0.39 is 6.10 Å². The highest BCUT2D eigenvalue weighted by molar-refractivity contribution is 5.27. The molecule has 0 aliphatic heterocycles. The molecule has 4 heteroatoms. The third-order valence-corrected chi connectivity index (χ3v) is 2.07. The minimum absolute atomic E-state index is 0.489. The Balaban J connectivity index is 3.04. The van der Waals surface area contributed by atoms with Gasteiger partial charge in [0.15, 0.2) is 5.75 Å². The molecule has 0 aromatic carbocycles. The maximum Gasteiger partial charge on any atom is 0.162 e. The Hall–Kier alpha value is -1.03. The van der Waals surface area contributed by atoms with Crippen molar-refractivity contribution >= 4 is 0 Å². The van der Waals surface area contributed by atoms with Crippen molar-refractivity contribution in [1.29, 1.82) is 0 Å². The van der Waals surface area contributed by atoms with E-state index in [1.165, 1.54) is 0 Å². The molecular formula is C9H16N2O2. The lowest BCUT2D eigenvalue weighted by molar-refractivity contribution is 0.158. The molecule has 0 bridgehead atoms. The first-order valence-corrected chi connectivity index (χ1v) is 4.52. The predicted molar refractivity (Wildman–Crippen MR) is 49.7 cm³/mol. The third-order valence-electron chi connectivity index (χ3n) is 2.07. The zero-order chi connectivity index (χ0) is 9.84. The average Bonchev–Trinajstić information content (AvgIpc) is 2.59. The minimum atomic E-state index is -0.489. The fourth-order valence-corrected chi connectivity index (χ4v) is 1.32. The summed E-state index contributed by atoms with van der Waals surface area (Å²) in [5.41, 5.74) is 0.771. The summed E-state index contributed by atoms with van der Waals surface area (Å²) in [6.07, 6.45) is 1.82. The highest BCUT2D eigenvalue weighted by Crippen LogP contribution is 2.26. The molecule has 1 aromatic rings. The zero-order valence-corrected chi connectivity index (χ0v) is 8.32. The number of aliphatic hydroxyl groups is 1. The largest absolute Gasteiger partial charge is 0.493 e. The van der Waals surface area contributed by atoms with Gasteiger partial charge in [0, 0.05) is 6.54 Å². The standard InChI is InChI=1S/C9H16N2O2/c1-4-7(12)9-8(13-3)6-10-11(9)5-2/h6-7,12H,4-5H2,1-3H3. The van der Waals surface area contributed by atoms with Gasteiger partial charge >= 0.3 is 0 Å². The number of hydrogen-bond acceptors (Lipinski definition) is 3. The number of rotatable bonds is 4. The number of aliphatic hydroxyl groups excluding tert-OH is 1. The van der Waals surface area contributed by atoms with E-state index in [0.29, 0.717) is 12.2 Å². The van der Waals surface area contributed by atoms with Gasteiger partial charge in [0.05, 0.1) is 19.4 Å². The molecule has 0 aliphatic rings. The van der Waals surface area contributed by atoms with Crippen LogP contribution in [-0.2, 0) is 6.54 Å². The second-order valence-electron chi connectivity index (χ2n) is 2.84. The molecule has 1 atom stereocenters. The molecule has 0 fully saturated rings. The lowest BCUT2D eigenvalue weighted by Gasteiger charge is -2.11.